The molecule has 0 amide bonds. The molecule has 0 spiro atoms. The third-order valence-electron chi connectivity index (χ3n) is 12.4. The van der Waals surface area contributed by atoms with E-state index in [0.717, 1.165) is 89.4 Å². The second-order valence-electron chi connectivity index (χ2n) is 18.1. The zero-order chi connectivity index (χ0) is 52.3. The number of nitrogens with one attached hydrogen (secondary N) is 2. The fourth-order valence-corrected chi connectivity index (χ4v) is 8.63. The molecule has 454 valence electrons. The monoisotopic (exact) mass is 1670 g/mol. The number of aromatic nitrogens is 8. The molecule has 8 bridgehead atoms. The summed E-state index contributed by atoms with van der Waals surface area (Å²) in [5.41, 5.74) is 15.0. The Labute approximate surface area is 626 Å². The van der Waals surface area contributed by atoms with Crippen molar-refractivity contribution in [1.82, 2.24) is 39.9 Å². The maximum atomic E-state index is 5.29. The third-order valence-corrected chi connectivity index (χ3v) is 12.4. The predicted octanol–water partition coefficient (Wildman–Crippen LogP) is -8.61. The van der Waals surface area contributed by atoms with Gasteiger partial charge in [-0.05, 0) is 271 Å². The van der Waals surface area contributed by atoms with Crippen LogP contribution in [0.15, 0.2) is 122 Å². The molecule has 0 unspecified atom stereocenters. The van der Waals surface area contributed by atoms with Gasteiger partial charge < -0.3 is 109 Å². The van der Waals surface area contributed by atoms with Crippen molar-refractivity contribution < 1.29 is 177 Å². The summed E-state index contributed by atoms with van der Waals surface area (Å²) in [6.07, 6.45) is 63.9. The van der Waals surface area contributed by atoms with Gasteiger partial charge in [-0.3, -0.25) is 19.9 Å². The molecular weight excluding hydrogens is 1620 g/mol. The normalized spacial score (nSPS) is 14.6. The first kappa shape index (κ1) is 92.4. The fraction of sp³-hybridized carbons (Fsp3) is 0.0588. The van der Waals surface area contributed by atoms with Crippen LogP contribution in [-0.2, 0) is 77.9 Å². The van der Waals surface area contributed by atoms with Gasteiger partial charge in [-0.2, -0.15) is 0 Å². The Bertz CT molecular complexity index is 2740. The van der Waals surface area contributed by atoms with Gasteiger partial charge >= 0.3 is 77.9 Å². The Morgan fingerprint density at radius 2 is 0.409 bits per heavy atom. The van der Waals surface area contributed by atoms with Crippen molar-refractivity contribution in [3.05, 3.63) is 297 Å². The van der Waals surface area contributed by atoms with E-state index in [4.69, 9.17) is 9.97 Å². The maximum absolute atomic E-state index is 5.29. The van der Waals surface area contributed by atoms with E-state index in [1.165, 1.54) is 23.7 Å². The molecule has 7 aromatic rings. The molecule has 2 N–H and O–H groups in total. The Kier molecular flexibility index (Phi) is 52.1. The smallest absolute Gasteiger partial charge is 1.00 e. The first-order chi connectivity index (χ1) is 37.4. The maximum Gasteiger partial charge on any atom is 3.00 e. The van der Waals surface area contributed by atoms with Crippen LogP contribution in [0, 0.1) is 152 Å². The quantitative estimate of drug-likeness (QED) is 0.170. The van der Waals surface area contributed by atoms with Crippen LogP contribution in [0.25, 0.3) is 90.9 Å². The van der Waals surface area contributed by atoms with Crippen molar-refractivity contribution in [3.63, 3.8) is 0 Å². The SMILES string of the molecule is C1=Cc2nc1c(-c1ccncc1)c1ccc([nH]1)c(-c1ccncc1)c1nc(c(-c3ccncc3)c3ccc([nH]3)c2-c2ccncc2)C=C1.C[C]1[CH][CH][CH][CH][CH]1.C[C]1[CH][CH][CH][CH][CH]1.C[C]1[CH][CH][CH][CH][CH]1.C[C]1[CH][CH][CH][CH][CH]1.[Cl-].[Cl-].[Cl-].[Cl-].[Cl-].[Cl-].[Cl-].[Cl-].[Ru+3].[Ru+3].[Ru+3].[Ru+3]. The van der Waals surface area contributed by atoms with Gasteiger partial charge in [0.15, 0.2) is 0 Å². The van der Waals surface area contributed by atoms with Crippen molar-refractivity contribution >= 4 is 46.4 Å². The molecule has 4 aliphatic carbocycles. The molecule has 28 radical (unpaired) electrons. The minimum Gasteiger partial charge on any atom is -1.00 e. The Morgan fingerprint density at radius 3 is 0.557 bits per heavy atom. The molecule has 0 aromatic carbocycles. The Morgan fingerprint density at radius 1 is 0.239 bits per heavy atom. The molecule has 2 aliphatic heterocycles. The average molecular weight is 1680 g/mol. The first-order valence-corrected chi connectivity index (χ1v) is 25.2. The zero-order valence-corrected chi connectivity index (χ0v) is 60.5. The largest absolute Gasteiger partial charge is 3.00 e. The molecule has 4 fully saturated rings. The van der Waals surface area contributed by atoms with E-state index < -0.39 is 0 Å². The number of aromatic amines is 2. The number of nitrogens with zero attached hydrogens (tertiary/aromatic N) is 6. The van der Waals surface area contributed by atoms with Gasteiger partial charge in [0.05, 0.1) is 22.8 Å². The van der Waals surface area contributed by atoms with E-state index in [2.05, 4.69) is 158 Å². The molecule has 7 aromatic heterocycles. The van der Waals surface area contributed by atoms with Gasteiger partial charge in [-0.15, -0.1) is 0 Å². The molecule has 8 nitrogen and oxygen atoms in total. The second kappa shape index (κ2) is 49.6. The van der Waals surface area contributed by atoms with Crippen LogP contribution in [0.2, 0.25) is 0 Å². The molecule has 20 heteroatoms. The topological polar surface area (TPSA) is 109 Å². The van der Waals surface area contributed by atoms with Crippen molar-refractivity contribution in [3.8, 4) is 44.5 Å². The van der Waals surface area contributed by atoms with Crippen LogP contribution in [0.3, 0.4) is 0 Å². The van der Waals surface area contributed by atoms with Crippen molar-refractivity contribution in [2.24, 2.45) is 0 Å². The summed E-state index contributed by atoms with van der Waals surface area (Å²) in [5, 5.41) is 0. The van der Waals surface area contributed by atoms with Crippen LogP contribution in [0.1, 0.15) is 50.5 Å². The molecule has 0 saturated heterocycles. The van der Waals surface area contributed by atoms with E-state index in [1.54, 1.807) is 0 Å². The third kappa shape index (κ3) is 27.2. The number of hydrogen-bond donors (Lipinski definition) is 2. The summed E-state index contributed by atoms with van der Waals surface area (Å²) in [5.74, 6) is 5.29. The predicted molar refractivity (Wildman–Crippen MR) is 313 cm³/mol. The number of rotatable bonds is 4. The Balaban J connectivity index is -0.000000733. The van der Waals surface area contributed by atoms with Gasteiger partial charge in [-0.25, -0.2) is 9.97 Å². The van der Waals surface area contributed by atoms with Crippen molar-refractivity contribution in [2.75, 3.05) is 0 Å². The molecule has 6 aliphatic rings. The molecule has 9 heterocycles. The van der Waals surface area contributed by atoms with Crippen molar-refractivity contribution in [2.45, 2.75) is 27.7 Å². The van der Waals surface area contributed by atoms with Crippen LogP contribution in [0.5, 0.6) is 0 Å². The zero-order valence-electron chi connectivity index (χ0n) is 47.5. The second-order valence-corrected chi connectivity index (χ2v) is 18.1. The first-order valence-electron chi connectivity index (χ1n) is 25.2. The standard InChI is InChI=1S/C40H26N8.4C7H8.8ClH.4Ru/c1-2-30-38(26-11-19-42-20-12-26)32-5-6-34(47-32)40(28-15-23-44-24-16-28)36-8-7-35(48-36)39(27-13-21-43-22-14-27)33-4-3-31(46-33)37(29(1)45-30)25-9-17-41-18-10-25;4*1-7-5-3-2-4-6-7;;;;;;;;;;;;/h1-24,45,48H;4*2-6H,1H3;8*1H;;;;/q;;;;;;;;;;;;;4*+3/p-8. The van der Waals surface area contributed by atoms with E-state index in [0.29, 0.717) is 0 Å². The average Bonchev–Trinajstić information content (AvgIpc) is 3.13. The molecule has 88 heavy (non-hydrogen) atoms. The van der Waals surface area contributed by atoms with Crippen LogP contribution in [0.4, 0.5) is 0 Å². The van der Waals surface area contributed by atoms with E-state index in [-0.39, 0.29) is 177 Å². The van der Waals surface area contributed by atoms with E-state index in [9.17, 15) is 0 Å². The van der Waals surface area contributed by atoms with Gasteiger partial charge in [0, 0.05) is 93.9 Å². The molecule has 0 atom stereocenters. The molecular formula is C68H58Cl8N8Ru4+4. The summed E-state index contributed by atoms with van der Waals surface area (Å²) in [6, 6.07) is 24.6. The van der Waals surface area contributed by atoms with Crippen molar-refractivity contribution in [1.29, 1.82) is 0 Å². The molecule has 13 rings (SSSR count). The summed E-state index contributed by atoms with van der Waals surface area (Å²) < 4.78 is 0. The van der Waals surface area contributed by atoms with E-state index >= 15 is 0 Å². The minimum atomic E-state index is 0. The van der Waals surface area contributed by atoms with E-state index in [1.807, 2.05) is 175 Å². The molecule has 4 saturated carbocycles. The summed E-state index contributed by atoms with van der Waals surface area (Å²) in [7, 11) is 0. The van der Waals surface area contributed by atoms with Gasteiger partial charge in [0.2, 0.25) is 0 Å². The summed E-state index contributed by atoms with van der Waals surface area (Å²) >= 11 is 0. The number of H-pyrrole nitrogens is 2. The number of fused-ring (bicyclic) bond motifs is 8. The number of halogens is 8. The fourth-order valence-electron chi connectivity index (χ4n) is 8.63. The van der Waals surface area contributed by atoms with Crippen LogP contribution < -0.4 is 99.3 Å². The Hall–Kier alpha value is -1.99. The van der Waals surface area contributed by atoms with Gasteiger partial charge in [0.25, 0.3) is 0 Å². The van der Waals surface area contributed by atoms with Crippen LogP contribution in [-0.4, -0.2) is 39.9 Å². The van der Waals surface area contributed by atoms with Crippen LogP contribution >= 0.6 is 0 Å². The summed E-state index contributed by atoms with van der Waals surface area (Å²) in [4.78, 5) is 35.2. The van der Waals surface area contributed by atoms with Gasteiger partial charge in [-0.1, -0.05) is 27.7 Å². The summed E-state index contributed by atoms with van der Waals surface area (Å²) in [6.45, 7) is 8.33. The minimum absolute atomic E-state index is 0. The number of hydrogen-bond acceptors (Lipinski definition) is 6. The van der Waals surface area contributed by atoms with Gasteiger partial charge in [0.1, 0.15) is 0 Å². The number of pyridine rings is 4.